The molecule has 4 rings (SSSR count). The summed E-state index contributed by atoms with van der Waals surface area (Å²) in [5.41, 5.74) is 0.353. The van der Waals surface area contributed by atoms with Gasteiger partial charge in [-0.15, -0.1) is 11.3 Å². The number of thiazole rings is 1. The molecule has 0 aliphatic heterocycles. The molecule has 2 aromatic rings. The predicted molar refractivity (Wildman–Crippen MR) is 115 cm³/mol. The van der Waals surface area contributed by atoms with Crippen LogP contribution in [0.2, 0.25) is 0 Å². The van der Waals surface area contributed by atoms with Crippen molar-refractivity contribution in [3.8, 4) is 0 Å². The number of benzene rings is 1. The van der Waals surface area contributed by atoms with Crippen LogP contribution in [-0.4, -0.2) is 23.3 Å². The van der Waals surface area contributed by atoms with Crippen molar-refractivity contribution in [1.29, 1.82) is 0 Å². The van der Waals surface area contributed by atoms with Crippen LogP contribution in [0.1, 0.15) is 66.4 Å². The van der Waals surface area contributed by atoms with Gasteiger partial charge in [0.1, 0.15) is 10.8 Å². The standard InChI is InChI=1S/C23H28FN3O2S/c24-19-6-2-5-18(13-19)21(28)26-14-15-7-9-16(10-8-15)20(23-25-11-12-30-23)27-22(29)17-3-1-4-17/h2,5-6,11-13,15-17,20H,1,3-4,7-10,14H2,(H,26,28)(H,27,29)/t15?,16?,20-/m1/s1. The van der Waals surface area contributed by atoms with Gasteiger partial charge < -0.3 is 10.6 Å². The van der Waals surface area contributed by atoms with Crippen LogP contribution in [0.15, 0.2) is 35.8 Å². The van der Waals surface area contributed by atoms with E-state index in [1.54, 1.807) is 29.7 Å². The molecule has 2 aliphatic carbocycles. The van der Waals surface area contributed by atoms with Crippen LogP contribution in [-0.2, 0) is 4.79 Å². The first-order chi connectivity index (χ1) is 14.6. The van der Waals surface area contributed by atoms with E-state index in [1.165, 1.54) is 12.1 Å². The first-order valence-electron chi connectivity index (χ1n) is 10.8. The minimum absolute atomic E-state index is 0.0130. The molecule has 5 nitrogen and oxygen atoms in total. The summed E-state index contributed by atoms with van der Waals surface area (Å²) in [6.07, 6.45) is 8.92. The molecule has 0 spiro atoms. The second-order valence-electron chi connectivity index (χ2n) is 8.49. The van der Waals surface area contributed by atoms with Crippen molar-refractivity contribution >= 4 is 23.2 Å². The molecule has 1 heterocycles. The summed E-state index contributed by atoms with van der Waals surface area (Å²) in [5, 5.41) is 9.19. The summed E-state index contributed by atoms with van der Waals surface area (Å²) in [6, 6.07) is 5.75. The van der Waals surface area contributed by atoms with Gasteiger partial charge in [0.2, 0.25) is 5.91 Å². The van der Waals surface area contributed by atoms with Crippen molar-refractivity contribution in [1.82, 2.24) is 15.6 Å². The smallest absolute Gasteiger partial charge is 0.251 e. The maximum atomic E-state index is 13.3. The molecule has 2 aliphatic rings. The third kappa shape index (κ3) is 5.06. The van der Waals surface area contributed by atoms with Gasteiger partial charge >= 0.3 is 0 Å². The number of carbonyl (C=O) groups excluding carboxylic acids is 2. The first kappa shape index (κ1) is 21.0. The molecule has 0 unspecified atom stereocenters. The quantitative estimate of drug-likeness (QED) is 0.682. The van der Waals surface area contributed by atoms with E-state index in [2.05, 4.69) is 15.6 Å². The molecule has 160 valence electrons. The van der Waals surface area contributed by atoms with Gasteiger partial charge in [0.25, 0.3) is 5.91 Å². The Morgan fingerprint density at radius 1 is 1.17 bits per heavy atom. The Labute approximate surface area is 180 Å². The van der Waals surface area contributed by atoms with Crippen molar-refractivity contribution in [2.45, 2.75) is 51.0 Å². The van der Waals surface area contributed by atoms with Gasteiger partial charge in [0.15, 0.2) is 0 Å². The van der Waals surface area contributed by atoms with Crippen LogP contribution in [0.3, 0.4) is 0 Å². The lowest BCUT2D eigenvalue weighted by molar-refractivity contribution is -0.128. The molecule has 0 saturated heterocycles. The van der Waals surface area contributed by atoms with Gasteiger partial charge in [-0.25, -0.2) is 9.37 Å². The van der Waals surface area contributed by atoms with E-state index in [-0.39, 0.29) is 23.8 Å². The van der Waals surface area contributed by atoms with Crippen LogP contribution < -0.4 is 10.6 Å². The second kappa shape index (κ2) is 9.69. The Hall–Kier alpha value is -2.28. The molecule has 7 heteroatoms. The molecule has 30 heavy (non-hydrogen) atoms. The van der Waals surface area contributed by atoms with Crippen molar-refractivity contribution in [2.75, 3.05) is 6.54 Å². The highest BCUT2D eigenvalue weighted by Gasteiger charge is 2.34. The number of rotatable bonds is 7. The Balaban J connectivity index is 1.29. The lowest BCUT2D eigenvalue weighted by Gasteiger charge is -2.35. The minimum atomic E-state index is -0.402. The molecular formula is C23H28FN3O2S. The third-order valence-corrected chi connectivity index (χ3v) is 7.35. The number of aromatic nitrogens is 1. The number of carbonyl (C=O) groups is 2. The van der Waals surface area contributed by atoms with Crippen molar-refractivity contribution in [2.24, 2.45) is 17.8 Å². The molecule has 2 fully saturated rings. The molecular weight excluding hydrogens is 401 g/mol. The predicted octanol–water partition coefficient (Wildman–Crippen LogP) is 4.48. The van der Waals surface area contributed by atoms with E-state index >= 15 is 0 Å². The largest absolute Gasteiger partial charge is 0.352 e. The van der Waals surface area contributed by atoms with Gasteiger partial charge in [-0.05, 0) is 68.6 Å². The summed E-state index contributed by atoms with van der Waals surface area (Å²) < 4.78 is 13.3. The van der Waals surface area contributed by atoms with Crippen LogP contribution >= 0.6 is 11.3 Å². The lowest BCUT2D eigenvalue weighted by atomic mass is 9.78. The van der Waals surface area contributed by atoms with E-state index in [4.69, 9.17) is 0 Å². The van der Waals surface area contributed by atoms with E-state index in [0.717, 1.165) is 50.0 Å². The molecule has 1 aromatic carbocycles. The molecule has 2 N–H and O–H groups in total. The zero-order chi connectivity index (χ0) is 20.9. The van der Waals surface area contributed by atoms with Gasteiger partial charge in [-0.1, -0.05) is 12.5 Å². The maximum absolute atomic E-state index is 13.3. The lowest BCUT2D eigenvalue weighted by Crippen LogP contribution is -2.41. The summed E-state index contributed by atoms with van der Waals surface area (Å²) in [6.45, 7) is 0.596. The summed E-state index contributed by atoms with van der Waals surface area (Å²) in [5.74, 6) is 0.478. The second-order valence-corrected chi connectivity index (χ2v) is 9.41. The fraction of sp³-hybridized carbons (Fsp3) is 0.522. The van der Waals surface area contributed by atoms with Gasteiger partial charge in [-0.3, -0.25) is 9.59 Å². The van der Waals surface area contributed by atoms with Crippen LogP contribution in [0.5, 0.6) is 0 Å². The molecule has 2 amide bonds. The highest BCUT2D eigenvalue weighted by atomic mass is 32.1. The average molecular weight is 430 g/mol. The van der Waals surface area contributed by atoms with Gasteiger partial charge in [0.05, 0.1) is 6.04 Å². The summed E-state index contributed by atoms with van der Waals surface area (Å²) >= 11 is 1.60. The highest BCUT2D eigenvalue weighted by molar-refractivity contribution is 7.09. The number of halogens is 1. The van der Waals surface area contributed by atoms with Gasteiger partial charge in [-0.2, -0.15) is 0 Å². The summed E-state index contributed by atoms with van der Waals surface area (Å²) in [4.78, 5) is 29.3. The minimum Gasteiger partial charge on any atom is -0.352 e. The van der Waals surface area contributed by atoms with Crippen LogP contribution in [0.25, 0.3) is 0 Å². The zero-order valence-electron chi connectivity index (χ0n) is 17.0. The Bertz CT molecular complexity index is 861. The monoisotopic (exact) mass is 429 g/mol. The maximum Gasteiger partial charge on any atom is 0.251 e. The average Bonchev–Trinajstić information content (AvgIpc) is 3.24. The summed E-state index contributed by atoms with van der Waals surface area (Å²) in [7, 11) is 0. The Morgan fingerprint density at radius 2 is 1.97 bits per heavy atom. The topological polar surface area (TPSA) is 71.1 Å². The SMILES string of the molecule is O=C(NCC1CCC([C@@H](NC(=O)C2CCC2)c2nccs2)CC1)c1cccc(F)c1. The fourth-order valence-electron chi connectivity index (χ4n) is 4.41. The van der Waals surface area contributed by atoms with E-state index < -0.39 is 5.82 Å². The normalized spacial score (nSPS) is 22.7. The van der Waals surface area contributed by atoms with Crippen LogP contribution in [0.4, 0.5) is 4.39 Å². The third-order valence-electron chi connectivity index (χ3n) is 6.49. The molecule has 1 aromatic heterocycles. The van der Waals surface area contributed by atoms with Gasteiger partial charge in [0, 0.05) is 29.6 Å². The van der Waals surface area contributed by atoms with Crippen molar-refractivity contribution < 1.29 is 14.0 Å². The molecule has 2 saturated carbocycles. The van der Waals surface area contributed by atoms with Crippen LogP contribution in [0, 0.1) is 23.6 Å². The fourth-order valence-corrected chi connectivity index (χ4v) is 5.19. The molecule has 0 radical (unpaired) electrons. The molecule has 1 atom stereocenters. The number of nitrogens with zero attached hydrogens (tertiary/aromatic N) is 1. The van der Waals surface area contributed by atoms with Crippen molar-refractivity contribution in [3.63, 3.8) is 0 Å². The zero-order valence-corrected chi connectivity index (χ0v) is 17.8. The Kier molecular flexibility index (Phi) is 6.77. The van der Waals surface area contributed by atoms with E-state index in [1.807, 2.05) is 5.38 Å². The first-order valence-corrected chi connectivity index (χ1v) is 11.7. The van der Waals surface area contributed by atoms with E-state index in [0.29, 0.717) is 23.9 Å². The highest BCUT2D eigenvalue weighted by Crippen LogP contribution is 2.38. The number of hydrogen-bond donors (Lipinski definition) is 2. The number of hydrogen-bond acceptors (Lipinski definition) is 4. The van der Waals surface area contributed by atoms with E-state index in [9.17, 15) is 14.0 Å². The molecule has 0 bridgehead atoms. The number of amides is 2. The Morgan fingerprint density at radius 3 is 2.60 bits per heavy atom. The number of nitrogens with one attached hydrogen (secondary N) is 2. The van der Waals surface area contributed by atoms with Crippen molar-refractivity contribution in [3.05, 3.63) is 52.2 Å².